The SMILES string of the molecule is CC1CCN(Cc2ccc(-c3nc(-c4cccnn4)no3)o2)CC1. The molecule has 4 heterocycles. The molecule has 0 aromatic carbocycles. The Bertz CT molecular complexity index is 790. The van der Waals surface area contributed by atoms with Crippen molar-refractivity contribution in [1.29, 1.82) is 0 Å². The van der Waals surface area contributed by atoms with E-state index in [9.17, 15) is 0 Å². The van der Waals surface area contributed by atoms with Crippen LogP contribution in [0.3, 0.4) is 0 Å². The molecule has 3 aromatic heterocycles. The number of likely N-dealkylation sites (tertiary alicyclic amines) is 1. The quantitative estimate of drug-likeness (QED) is 0.729. The maximum Gasteiger partial charge on any atom is 0.293 e. The lowest BCUT2D eigenvalue weighted by atomic mass is 9.99. The molecule has 0 aliphatic carbocycles. The summed E-state index contributed by atoms with van der Waals surface area (Å²) in [6.45, 7) is 5.37. The average molecular weight is 325 g/mol. The Hall–Kier alpha value is -2.54. The van der Waals surface area contributed by atoms with Gasteiger partial charge in [-0.05, 0) is 56.1 Å². The summed E-state index contributed by atoms with van der Waals surface area (Å²) in [5.41, 5.74) is 0.571. The van der Waals surface area contributed by atoms with Crippen LogP contribution in [-0.4, -0.2) is 38.3 Å². The van der Waals surface area contributed by atoms with E-state index in [2.05, 4.69) is 32.2 Å². The van der Waals surface area contributed by atoms with Gasteiger partial charge in [0.15, 0.2) is 5.76 Å². The largest absolute Gasteiger partial charge is 0.455 e. The second-order valence-corrected chi connectivity index (χ2v) is 6.26. The van der Waals surface area contributed by atoms with Crippen molar-refractivity contribution in [3.8, 4) is 23.2 Å². The topological polar surface area (TPSA) is 81.1 Å². The number of furan rings is 1. The predicted octanol–water partition coefficient (Wildman–Crippen LogP) is 3.02. The first-order chi connectivity index (χ1) is 11.8. The molecule has 3 aromatic rings. The first-order valence-electron chi connectivity index (χ1n) is 8.21. The molecule has 0 bridgehead atoms. The van der Waals surface area contributed by atoms with Crippen LogP contribution in [0.15, 0.2) is 39.4 Å². The number of hydrogen-bond acceptors (Lipinski definition) is 7. The lowest BCUT2D eigenvalue weighted by Gasteiger charge is -2.29. The molecule has 0 N–H and O–H groups in total. The van der Waals surface area contributed by atoms with Gasteiger partial charge in [-0.2, -0.15) is 10.1 Å². The molecular formula is C17H19N5O2. The third kappa shape index (κ3) is 3.21. The molecule has 0 spiro atoms. The Morgan fingerprint density at radius 1 is 1.21 bits per heavy atom. The van der Waals surface area contributed by atoms with E-state index in [0.29, 0.717) is 23.2 Å². The van der Waals surface area contributed by atoms with Crippen LogP contribution in [0.2, 0.25) is 0 Å². The van der Waals surface area contributed by atoms with E-state index < -0.39 is 0 Å². The fourth-order valence-electron chi connectivity index (χ4n) is 2.87. The standard InChI is InChI=1S/C17H19N5O2/c1-12-6-9-22(10-7-12)11-13-4-5-15(23-13)17-19-16(21-24-17)14-3-2-8-18-20-14/h2-5,8,12H,6-7,9-11H2,1H3. The number of aromatic nitrogens is 4. The van der Waals surface area contributed by atoms with Gasteiger partial charge >= 0.3 is 0 Å². The molecule has 0 unspecified atom stereocenters. The second-order valence-electron chi connectivity index (χ2n) is 6.26. The van der Waals surface area contributed by atoms with E-state index in [1.165, 1.54) is 12.8 Å². The maximum absolute atomic E-state index is 5.87. The number of hydrogen-bond donors (Lipinski definition) is 0. The Morgan fingerprint density at radius 2 is 2.08 bits per heavy atom. The number of nitrogens with zero attached hydrogens (tertiary/aromatic N) is 5. The minimum Gasteiger partial charge on any atom is -0.455 e. The minimum atomic E-state index is 0.356. The van der Waals surface area contributed by atoms with Gasteiger partial charge in [0.25, 0.3) is 5.89 Å². The van der Waals surface area contributed by atoms with Crippen molar-refractivity contribution in [3.05, 3.63) is 36.2 Å². The van der Waals surface area contributed by atoms with Crippen LogP contribution in [0.25, 0.3) is 23.2 Å². The van der Waals surface area contributed by atoms with E-state index in [-0.39, 0.29) is 0 Å². The van der Waals surface area contributed by atoms with Gasteiger partial charge in [0.05, 0.1) is 6.54 Å². The van der Waals surface area contributed by atoms with Gasteiger partial charge in [0.1, 0.15) is 11.5 Å². The lowest BCUT2D eigenvalue weighted by Crippen LogP contribution is -2.32. The molecule has 24 heavy (non-hydrogen) atoms. The van der Waals surface area contributed by atoms with E-state index in [1.807, 2.05) is 12.1 Å². The summed E-state index contributed by atoms with van der Waals surface area (Å²) < 4.78 is 11.2. The summed E-state index contributed by atoms with van der Waals surface area (Å²) in [5.74, 6) is 3.08. The summed E-state index contributed by atoms with van der Waals surface area (Å²) in [4.78, 5) is 6.75. The molecule has 7 heteroatoms. The smallest absolute Gasteiger partial charge is 0.293 e. The first-order valence-corrected chi connectivity index (χ1v) is 8.21. The van der Waals surface area contributed by atoms with E-state index >= 15 is 0 Å². The van der Waals surface area contributed by atoms with Gasteiger partial charge in [-0.25, -0.2) is 0 Å². The van der Waals surface area contributed by atoms with Crippen LogP contribution in [-0.2, 0) is 6.54 Å². The molecule has 1 saturated heterocycles. The summed E-state index contributed by atoms with van der Waals surface area (Å²) in [6, 6.07) is 7.41. The molecule has 124 valence electrons. The van der Waals surface area contributed by atoms with Gasteiger partial charge in [0.2, 0.25) is 5.82 Å². The van der Waals surface area contributed by atoms with Crippen LogP contribution in [0, 0.1) is 5.92 Å². The molecule has 4 rings (SSSR count). The minimum absolute atomic E-state index is 0.356. The normalized spacial score (nSPS) is 16.5. The van der Waals surface area contributed by atoms with Crippen molar-refractivity contribution in [3.63, 3.8) is 0 Å². The second kappa shape index (κ2) is 6.52. The van der Waals surface area contributed by atoms with Gasteiger partial charge < -0.3 is 8.94 Å². The highest BCUT2D eigenvalue weighted by molar-refractivity contribution is 5.52. The van der Waals surface area contributed by atoms with Crippen LogP contribution in [0.4, 0.5) is 0 Å². The van der Waals surface area contributed by atoms with E-state index in [4.69, 9.17) is 8.94 Å². The van der Waals surface area contributed by atoms with Crippen LogP contribution >= 0.6 is 0 Å². The molecule has 1 aliphatic rings. The van der Waals surface area contributed by atoms with Crippen molar-refractivity contribution in [2.75, 3.05) is 13.1 Å². The molecule has 1 fully saturated rings. The van der Waals surface area contributed by atoms with Crippen molar-refractivity contribution in [2.45, 2.75) is 26.3 Å². The van der Waals surface area contributed by atoms with Crippen LogP contribution in [0.5, 0.6) is 0 Å². The Morgan fingerprint density at radius 3 is 2.88 bits per heavy atom. The first kappa shape index (κ1) is 15.0. The van der Waals surface area contributed by atoms with Gasteiger partial charge in [-0.1, -0.05) is 12.1 Å². The van der Waals surface area contributed by atoms with Gasteiger partial charge in [-0.3, -0.25) is 4.90 Å². The highest BCUT2D eigenvalue weighted by atomic mass is 16.5. The molecular weight excluding hydrogens is 306 g/mol. The lowest BCUT2D eigenvalue weighted by molar-refractivity contribution is 0.174. The predicted molar refractivity (Wildman–Crippen MR) is 86.7 cm³/mol. The monoisotopic (exact) mass is 325 g/mol. The van der Waals surface area contributed by atoms with Gasteiger partial charge in [0, 0.05) is 6.20 Å². The highest BCUT2D eigenvalue weighted by Crippen LogP contribution is 2.25. The summed E-state index contributed by atoms with van der Waals surface area (Å²) in [7, 11) is 0. The molecule has 1 aliphatic heterocycles. The van der Waals surface area contributed by atoms with Crippen molar-refractivity contribution in [1.82, 2.24) is 25.2 Å². The zero-order valence-electron chi connectivity index (χ0n) is 13.6. The zero-order chi connectivity index (χ0) is 16.4. The van der Waals surface area contributed by atoms with Crippen LogP contribution in [0.1, 0.15) is 25.5 Å². The Labute approximate surface area is 139 Å². The molecule has 0 saturated carbocycles. The molecule has 7 nitrogen and oxygen atoms in total. The average Bonchev–Trinajstić information content (AvgIpc) is 3.27. The third-order valence-corrected chi connectivity index (χ3v) is 4.36. The molecule has 0 amide bonds. The fraction of sp³-hybridized carbons (Fsp3) is 0.412. The van der Waals surface area contributed by atoms with Crippen molar-refractivity contribution < 1.29 is 8.94 Å². The van der Waals surface area contributed by atoms with Crippen LogP contribution < -0.4 is 0 Å². The van der Waals surface area contributed by atoms with Crippen molar-refractivity contribution in [2.24, 2.45) is 5.92 Å². The third-order valence-electron chi connectivity index (χ3n) is 4.36. The Kier molecular flexibility index (Phi) is 4.08. The van der Waals surface area contributed by atoms with Gasteiger partial charge in [-0.15, -0.1) is 5.10 Å². The van der Waals surface area contributed by atoms with Crippen molar-refractivity contribution >= 4 is 0 Å². The molecule has 0 atom stereocenters. The van der Waals surface area contributed by atoms with E-state index in [0.717, 1.165) is 31.3 Å². The summed E-state index contributed by atoms with van der Waals surface area (Å²) in [5, 5.41) is 11.7. The summed E-state index contributed by atoms with van der Waals surface area (Å²) in [6.07, 6.45) is 4.10. The fourth-order valence-corrected chi connectivity index (χ4v) is 2.87. The maximum atomic E-state index is 5.87. The van der Waals surface area contributed by atoms with E-state index in [1.54, 1.807) is 18.3 Å². The highest BCUT2D eigenvalue weighted by Gasteiger charge is 2.19. The number of piperidine rings is 1. The number of rotatable bonds is 4. The zero-order valence-corrected chi connectivity index (χ0v) is 13.6. The molecule has 0 radical (unpaired) electrons. The Balaban J connectivity index is 1.46. The summed E-state index contributed by atoms with van der Waals surface area (Å²) >= 11 is 0.